The van der Waals surface area contributed by atoms with Gasteiger partial charge in [0.25, 0.3) is 0 Å². The van der Waals surface area contributed by atoms with Gasteiger partial charge < -0.3 is 9.80 Å². The third kappa shape index (κ3) is 4.17. The van der Waals surface area contributed by atoms with Gasteiger partial charge in [-0.1, -0.05) is 11.6 Å². The number of amides is 1. The summed E-state index contributed by atoms with van der Waals surface area (Å²) in [4.78, 5) is 24.1. The van der Waals surface area contributed by atoms with Gasteiger partial charge in [0.1, 0.15) is 10.8 Å². The summed E-state index contributed by atoms with van der Waals surface area (Å²) in [5, 5.41) is 0.473. The first-order valence-electron chi connectivity index (χ1n) is 9.41. The van der Waals surface area contributed by atoms with Crippen LogP contribution in [0.2, 0.25) is 5.15 Å². The third-order valence-corrected chi connectivity index (χ3v) is 5.74. The zero-order valence-electron chi connectivity index (χ0n) is 15.8. The maximum Gasteiger partial charge on any atom is 0.433 e. The van der Waals surface area contributed by atoms with Crippen molar-refractivity contribution in [1.82, 2.24) is 14.9 Å². The molecule has 1 amide bonds. The van der Waals surface area contributed by atoms with Crippen LogP contribution in [0.5, 0.6) is 0 Å². The van der Waals surface area contributed by atoms with E-state index in [-0.39, 0.29) is 11.8 Å². The van der Waals surface area contributed by atoms with Gasteiger partial charge in [0.15, 0.2) is 0 Å². The van der Waals surface area contributed by atoms with Crippen LogP contribution in [0.4, 0.5) is 18.9 Å². The normalized spacial score (nSPS) is 17.1. The van der Waals surface area contributed by atoms with Crippen molar-refractivity contribution in [3.05, 3.63) is 52.1 Å². The minimum atomic E-state index is -4.46. The summed E-state index contributed by atoms with van der Waals surface area (Å²) in [5.74, 6) is 0.205. The number of alkyl halides is 3. The predicted molar refractivity (Wildman–Crippen MR) is 103 cm³/mol. The zero-order chi connectivity index (χ0) is 20.8. The Bertz CT molecular complexity index is 944. The summed E-state index contributed by atoms with van der Waals surface area (Å²) < 4.78 is 38.5. The van der Waals surface area contributed by atoms with Crippen molar-refractivity contribution in [3.8, 4) is 0 Å². The van der Waals surface area contributed by atoms with Gasteiger partial charge in [0.05, 0.1) is 0 Å². The van der Waals surface area contributed by atoms with E-state index in [4.69, 9.17) is 11.6 Å². The molecule has 0 atom stereocenters. The van der Waals surface area contributed by atoms with Crippen LogP contribution in [0.1, 0.15) is 28.9 Å². The molecule has 0 N–H and O–H groups in total. The number of halogens is 4. The van der Waals surface area contributed by atoms with E-state index in [0.29, 0.717) is 49.9 Å². The Morgan fingerprint density at radius 2 is 2.07 bits per heavy atom. The molecule has 0 spiro atoms. The van der Waals surface area contributed by atoms with Crippen LogP contribution < -0.4 is 4.90 Å². The Morgan fingerprint density at radius 3 is 2.79 bits per heavy atom. The molecule has 154 valence electrons. The minimum Gasteiger partial charge on any atom is -0.371 e. The highest BCUT2D eigenvalue weighted by Gasteiger charge is 2.35. The molecule has 2 aliphatic heterocycles. The van der Waals surface area contributed by atoms with E-state index in [2.05, 4.69) is 9.97 Å². The van der Waals surface area contributed by atoms with Crippen LogP contribution in [0.25, 0.3) is 0 Å². The molecule has 1 saturated heterocycles. The largest absolute Gasteiger partial charge is 0.433 e. The van der Waals surface area contributed by atoms with Crippen molar-refractivity contribution in [2.24, 2.45) is 5.92 Å². The first-order valence-corrected chi connectivity index (χ1v) is 9.79. The summed E-state index contributed by atoms with van der Waals surface area (Å²) in [6.45, 7) is 4.23. The molecular formula is C20H20ClF3N4O. The number of aryl methyl sites for hydroxylation is 1. The quantitative estimate of drug-likeness (QED) is 0.702. The molecule has 0 radical (unpaired) electrons. The molecule has 0 aliphatic carbocycles. The Balaban J connectivity index is 1.33. The van der Waals surface area contributed by atoms with E-state index in [1.165, 1.54) is 6.20 Å². The summed E-state index contributed by atoms with van der Waals surface area (Å²) in [7, 11) is 0. The fourth-order valence-corrected chi connectivity index (χ4v) is 4.19. The highest BCUT2D eigenvalue weighted by molar-refractivity contribution is 6.29. The van der Waals surface area contributed by atoms with Gasteiger partial charge in [-0.25, -0.2) is 4.98 Å². The molecular weight excluding hydrogens is 405 g/mol. The van der Waals surface area contributed by atoms with E-state index in [0.717, 1.165) is 22.9 Å². The second kappa shape index (κ2) is 7.48. The smallest absolute Gasteiger partial charge is 0.371 e. The van der Waals surface area contributed by atoms with Gasteiger partial charge in [-0.05, 0) is 36.2 Å². The lowest BCUT2D eigenvalue weighted by atomic mass is 9.93. The zero-order valence-corrected chi connectivity index (χ0v) is 16.6. The van der Waals surface area contributed by atoms with Gasteiger partial charge in [-0.2, -0.15) is 13.2 Å². The minimum absolute atomic E-state index is 0.0698. The van der Waals surface area contributed by atoms with E-state index >= 15 is 0 Å². The molecule has 2 aliphatic rings. The van der Waals surface area contributed by atoms with Crippen LogP contribution >= 0.6 is 11.6 Å². The summed E-state index contributed by atoms with van der Waals surface area (Å²) >= 11 is 6.01. The fourth-order valence-electron chi connectivity index (χ4n) is 3.93. The van der Waals surface area contributed by atoms with Gasteiger partial charge in [0, 0.05) is 62.5 Å². The van der Waals surface area contributed by atoms with E-state index in [9.17, 15) is 18.0 Å². The van der Waals surface area contributed by atoms with Gasteiger partial charge in [-0.15, -0.1) is 0 Å². The number of fused-ring (bicyclic) bond motifs is 1. The lowest BCUT2D eigenvalue weighted by molar-refractivity contribution is -0.141. The molecule has 1 fully saturated rings. The molecule has 5 nitrogen and oxygen atoms in total. The van der Waals surface area contributed by atoms with Crippen LogP contribution in [-0.4, -0.2) is 40.4 Å². The number of carbonyl (C=O) groups excluding carboxylic acids is 1. The number of carbonyl (C=O) groups is 1. The lowest BCUT2D eigenvalue weighted by Gasteiger charge is -2.42. The Morgan fingerprint density at radius 1 is 1.31 bits per heavy atom. The Kier molecular flexibility index (Phi) is 5.14. The van der Waals surface area contributed by atoms with Crippen LogP contribution in [0.3, 0.4) is 0 Å². The highest BCUT2D eigenvalue weighted by atomic mass is 35.5. The average Bonchev–Trinajstić information content (AvgIpc) is 2.63. The van der Waals surface area contributed by atoms with E-state index < -0.39 is 11.9 Å². The average molecular weight is 425 g/mol. The Hall–Kier alpha value is -2.35. The number of nitrogens with zero attached hydrogens (tertiary/aromatic N) is 4. The van der Waals surface area contributed by atoms with E-state index in [1.54, 1.807) is 6.07 Å². The first kappa shape index (κ1) is 19.9. The second-order valence-electron chi connectivity index (χ2n) is 7.62. The van der Waals surface area contributed by atoms with Gasteiger partial charge in [0.2, 0.25) is 5.91 Å². The van der Waals surface area contributed by atoms with Crippen molar-refractivity contribution >= 4 is 23.2 Å². The highest BCUT2D eigenvalue weighted by Crippen LogP contribution is 2.33. The first-order chi connectivity index (χ1) is 13.7. The predicted octanol–water partition coefficient (Wildman–Crippen LogP) is 3.87. The molecule has 0 saturated carbocycles. The Labute approximate surface area is 171 Å². The molecule has 0 unspecified atom stereocenters. The molecule has 29 heavy (non-hydrogen) atoms. The lowest BCUT2D eigenvalue weighted by Crippen LogP contribution is -2.49. The molecule has 9 heteroatoms. The summed E-state index contributed by atoms with van der Waals surface area (Å²) in [5.41, 5.74) is 2.63. The summed E-state index contributed by atoms with van der Waals surface area (Å²) in [6, 6.07) is 4.43. The molecule has 2 aromatic heterocycles. The fraction of sp³-hybridized carbons (Fsp3) is 0.450. The molecule has 0 bridgehead atoms. The number of hydrogen-bond acceptors (Lipinski definition) is 4. The van der Waals surface area contributed by atoms with Crippen LogP contribution in [0.15, 0.2) is 24.4 Å². The van der Waals surface area contributed by atoms with Crippen LogP contribution in [0, 0.1) is 12.8 Å². The molecule has 4 rings (SSSR count). The van der Waals surface area contributed by atoms with Crippen molar-refractivity contribution < 1.29 is 18.0 Å². The standard InChI is InChI=1S/C20H20ClF3N4O/c1-12-6-18(21)26-16-3-5-27(11-15(12)16)19(29)7-13-9-28(10-13)14-2-4-25-17(8-14)20(22,23)24/h2,4,6,8,13H,3,5,7,9-11H2,1H3. The second-order valence-corrected chi connectivity index (χ2v) is 8.01. The van der Waals surface area contributed by atoms with Gasteiger partial charge >= 0.3 is 6.18 Å². The van der Waals surface area contributed by atoms with Crippen molar-refractivity contribution in [2.75, 3.05) is 24.5 Å². The SMILES string of the molecule is Cc1cc(Cl)nc2c1CN(C(=O)CC1CN(c3ccnc(C(F)(F)F)c3)C1)CC2. The molecule has 2 aromatic rings. The number of rotatable bonds is 3. The van der Waals surface area contributed by atoms with Crippen molar-refractivity contribution in [3.63, 3.8) is 0 Å². The number of hydrogen-bond donors (Lipinski definition) is 0. The maximum atomic E-state index is 12.8. The maximum absolute atomic E-state index is 12.8. The van der Waals surface area contributed by atoms with Crippen LogP contribution in [-0.2, 0) is 23.9 Å². The number of pyridine rings is 2. The number of aromatic nitrogens is 2. The van der Waals surface area contributed by atoms with Crippen molar-refractivity contribution in [1.29, 1.82) is 0 Å². The number of anilines is 1. The van der Waals surface area contributed by atoms with E-state index in [1.807, 2.05) is 22.8 Å². The third-order valence-electron chi connectivity index (χ3n) is 5.54. The van der Waals surface area contributed by atoms with Gasteiger partial charge in [-0.3, -0.25) is 9.78 Å². The monoisotopic (exact) mass is 424 g/mol. The summed E-state index contributed by atoms with van der Waals surface area (Å²) in [6.07, 6.45) is -2.22. The molecule has 4 heterocycles. The molecule has 0 aromatic carbocycles. The topological polar surface area (TPSA) is 49.3 Å². The van der Waals surface area contributed by atoms with Crippen molar-refractivity contribution in [2.45, 2.75) is 32.5 Å².